The topological polar surface area (TPSA) is 37.3 Å². The zero-order valence-corrected chi connectivity index (χ0v) is 17.0. The number of hydrogen-bond acceptors (Lipinski definition) is 3. The molecule has 4 heteroatoms. The van der Waals surface area contributed by atoms with Crippen molar-refractivity contribution in [3.05, 3.63) is 71.8 Å². The zero-order valence-electron chi connectivity index (χ0n) is 15.4. The van der Waals surface area contributed by atoms with Crippen LogP contribution in [-0.4, -0.2) is 15.2 Å². The van der Waals surface area contributed by atoms with E-state index in [9.17, 15) is 4.79 Å². The molecule has 2 aromatic rings. The minimum atomic E-state index is -0.694. The number of carboxylic acid groups (broad SMARTS) is 1. The monoisotopic (exact) mass is 388 g/mol. The van der Waals surface area contributed by atoms with E-state index in [4.69, 9.17) is 5.11 Å². The van der Waals surface area contributed by atoms with E-state index in [1.54, 1.807) is 0 Å². The number of unbranched alkanes of at least 4 members (excludes halogenated alkanes) is 1. The van der Waals surface area contributed by atoms with Crippen LogP contribution in [0.1, 0.15) is 50.2 Å². The number of thioether (sulfide) groups is 2. The Balaban J connectivity index is 1.99. The molecule has 2 nitrogen and oxygen atoms in total. The van der Waals surface area contributed by atoms with Crippen molar-refractivity contribution in [1.29, 1.82) is 0 Å². The molecule has 2 aromatic carbocycles. The highest BCUT2D eigenvalue weighted by atomic mass is 32.2. The summed E-state index contributed by atoms with van der Waals surface area (Å²) in [7, 11) is 0. The van der Waals surface area contributed by atoms with Crippen LogP contribution >= 0.6 is 23.5 Å². The fourth-order valence-corrected chi connectivity index (χ4v) is 5.73. The molecule has 0 saturated heterocycles. The van der Waals surface area contributed by atoms with Gasteiger partial charge in [-0.25, -0.2) is 0 Å². The predicted octanol–water partition coefficient (Wildman–Crippen LogP) is 6.60. The first-order valence-electron chi connectivity index (χ1n) is 9.21. The second-order valence-corrected chi connectivity index (χ2v) is 9.39. The smallest absolute Gasteiger partial charge is 0.303 e. The summed E-state index contributed by atoms with van der Waals surface area (Å²) >= 11 is 4.03. The van der Waals surface area contributed by atoms with Crippen LogP contribution in [0.3, 0.4) is 0 Å². The minimum absolute atomic E-state index is 0.129. The van der Waals surface area contributed by atoms with Crippen LogP contribution in [0.5, 0.6) is 0 Å². The van der Waals surface area contributed by atoms with Crippen molar-refractivity contribution in [3.63, 3.8) is 0 Å². The quantitative estimate of drug-likeness (QED) is 0.328. The van der Waals surface area contributed by atoms with Gasteiger partial charge in [0.2, 0.25) is 0 Å². The third kappa shape index (κ3) is 7.46. The Kier molecular flexibility index (Phi) is 9.13. The van der Waals surface area contributed by atoms with Gasteiger partial charge in [0.15, 0.2) is 0 Å². The first-order valence-corrected chi connectivity index (χ1v) is 11.2. The van der Waals surface area contributed by atoms with Crippen LogP contribution < -0.4 is 0 Å². The number of rotatable bonds is 12. The molecule has 0 amide bonds. The Labute approximate surface area is 165 Å². The van der Waals surface area contributed by atoms with Gasteiger partial charge < -0.3 is 5.11 Å². The van der Waals surface area contributed by atoms with Gasteiger partial charge >= 0.3 is 5.97 Å². The summed E-state index contributed by atoms with van der Waals surface area (Å²) in [6, 6.07) is 21.2. The summed E-state index contributed by atoms with van der Waals surface area (Å²) in [6.07, 6.45) is 4.12. The van der Waals surface area contributed by atoms with Crippen LogP contribution in [0.2, 0.25) is 0 Å². The van der Waals surface area contributed by atoms with Gasteiger partial charge in [0.1, 0.15) is 0 Å². The highest BCUT2D eigenvalue weighted by molar-refractivity contribution is 8.17. The number of aliphatic carboxylic acids is 1. The lowest BCUT2D eigenvalue weighted by atomic mass is 10.1. The number of carbonyl (C=O) groups is 1. The largest absolute Gasteiger partial charge is 0.481 e. The zero-order chi connectivity index (χ0) is 18.7. The summed E-state index contributed by atoms with van der Waals surface area (Å²) < 4.78 is 0.129. The summed E-state index contributed by atoms with van der Waals surface area (Å²) in [4.78, 5) is 10.8. The summed E-state index contributed by atoms with van der Waals surface area (Å²) in [5.74, 6) is 1.30. The molecule has 0 bridgehead atoms. The lowest BCUT2D eigenvalue weighted by Crippen LogP contribution is -2.20. The number of hydrogen-bond donors (Lipinski definition) is 1. The molecule has 0 fully saturated rings. The van der Waals surface area contributed by atoms with Crippen LogP contribution in [0, 0.1) is 0 Å². The Morgan fingerprint density at radius 3 is 1.81 bits per heavy atom. The maximum absolute atomic E-state index is 10.8. The molecule has 0 atom stereocenters. The van der Waals surface area contributed by atoms with E-state index in [0.717, 1.165) is 37.2 Å². The predicted molar refractivity (Wildman–Crippen MR) is 115 cm³/mol. The van der Waals surface area contributed by atoms with E-state index in [-0.39, 0.29) is 10.5 Å². The van der Waals surface area contributed by atoms with Crippen molar-refractivity contribution in [2.75, 3.05) is 0 Å². The van der Waals surface area contributed by atoms with E-state index in [1.165, 1.54) is 11.1 Å². The van der Waals surface area contributed by atoms with E-state index in [2.05, 4.69) is 67.6 Å². The Morgan fingerprint density at radius 1 is 0.885 bits per heavy atom. The molecule has 0 heterocycles. The first kappa shape index (κ1) is 20.9. The summed E-state index contributed by atoms with van der Waals surface area (Å²) in [5, 5.41) is 8.89. The van der Waals surface area contributed by atoms with Crippen molar-refractivity contribution in [2.24, 2.45) is 0 Å². The van der Waals surface area contributed by atoms with Crippen molar-refractivity contribution in [1.82, 2.24) is 0 Å². The Morgan fingerprint density at radius 2 is 1.38 bits per heavy atom. The van der Waals surface area contributed by atoms with Crippen molar-refractivity contribution in [2.45, 2.75) is 54.6 Å². The molecule has 0 aliphatic heterocycles. The maximum atomic E-state index is 10.8. The average Bonchev–Trinajstić information content (AvgIpc) is 2.68. The molecule has 0 aliphatic rings. The normalized spacial score (nSPS) is 11.4. The van der Waals surface area contributed by atoms with Gasteiger partial charge in [-0.15, -0.1) is 23.5 Å². The third-order valence-electron chi connectivity index (χ3n) is 4.43. The lowest BCUT2D eigenvalue weighted by Gasteiger charge is -2.32. The SMILES string of the molecule is CCC(CCCCC(=O)O)(SCc1ccccc1)SCc1ccccc1. The molecule has 0 aromatic heterocycles. The molecular formula is C22H28O2S2. The molecule has 1 N–H and O–H groups in total. The molecule has 0 saturated carbocycles. The number of benzene rings is 2. The lowest BCUT2D eigenvalue weighted by molar-refractivity contribution is -0.137. The fraction of sp³-hybridized carbons (Fsp3) is 0.409. The van der Waals surface area contributed by atoms with E-state index in [1.807, 2.05) is 23.5 Å². The Bertz CT molecular complexity index is 600. The van der Waals surface area contributed by atoms with Gasteiger partial charge in [-0.1, -0.05) is 74.0 Å². The van der Waals surface area contributed by atoms with Gasteiger partial charge in [0, 0.05) is 17.9 Å². The van der Waals surface area contributed by atoms with Crippen LogP contribution in [0.4, 0.5) is 0 Å². The standard InChI is InChI=1S/C22H28O2S2/c1-2-22(16-10-9-15-21(23)24,25-17-19-11-5-3-6-12-19)26-18-20-13-7-4-8-14-20/h3-8,11-14H,2,9-10,15-18H2,1H3,(H,23,24). The average molecular weight is 389 g/mol. The molecule has 2 rings (SSSR count). The molecule has 0 spiro atoms. The van der Waals surface area contributed by atoms with Gasteiger partial charge in [-0.3, -0.25) is 4.79 Å². The summed E-state index contributed by atoms with van der Waals surface area (Å²) in [5.41, 5.74) is 2.70. The van der Waals surface area contributed by atoms with Crippen LogP contribution in [-0.2, 0) is 16.3 Å². The fourth-order valence-electron chi connectivity index (χ4n) is 2.82. The molecule has 0 aliphatic carbocycles. The Hall–Kier alpha value is -1.39. The molecule has 0 radical (unpaired) electrons. The van der Waals surface area contributed by atoms with Crippen LogP contribution in [0.15, 0.2) is 60.7 Å². The summed E-state index contributed by atoms with van der Waals surface area (Å²) in [6.45, 7) is 2.26. The minimum Gasteiger partial charge on any atom is -0.481 e. The molecule has 140 valence electrons. The highest BCUT2D eigenvalue weighted by Crippen LogP contribution is 2.47. The second-order valence-electron chi connectivity index (χ2n) is 6.41. The second kappa shape index (κ2) is 11.3. The van der Waals surface area contributed by atoms with E-state index < -0.39 is 5.97 Å². The van der Waals surface area contributed by atoms with Crippen molar-refractivity contribution >= 4 is 29.5 Å². The van der Waals surface area contributed by atoms with Gasteiger partial charge in [0.05, 0.1) is 4.08 Å². The van der Waals surface area contributed by atoms with Crippen LogP contribution in [0.25, 0.3) is 0 Å². The maximum Gasteiger partial charge on any atom is 0.303 e. The van der Waals surface area contributed by atoms with E-state index >= 15 is 0 Å². The third-order valence-corrected chi connectivity index (χ3v) is 8.13. The van der Waals surface area contributed by atoms with Crippen molar-refractivity contribution in [3.8, 4) is 0 Å². The highest BCUT2D eigenvalue weighted by Gasteiger charge is 2.29. The number of carboxylic acids is 1. The molecule has 26 heavy (non-hydrogen) atoms. The first-order chi connectivity index (χ1) is 12.6. The molecular weight excluding hydrogens is 360 g/mol. The van der Waals surface area contributed by atoms with E-state index in [0.29, 0.717) is 0 Å². The van der Waals surface area contributed by atoms with Crippen molar-refractivity contribution < 1.29 is 9.90 Å². The van der Waals surface area contributed by atoms with Gasteiger partial charge in [-0.05, 0) is 30.4 Å². The van der Waals surface area contributed by atoms with Gasteiger partial charge in [-0.2, -0.15) is 0 Å². The van der Waals surface area contributed by atoms with Gasteiger partial charge in [0.25, 0.3) is 0 Å². The molecule has 0 unspecified atom stereocenters.